The molecule has 0 aliphatic rings. The summed E-state index contributed by atoms with van der Waals surface area (Å²) in [4.78, 5) is 12.4. The summed E-state index contributed by atoms with van der Waals surface area (Å²) in [6.45, 7) is 1.78. The van der Waals surface area contributed by atoms with E-state index in [0.29, 0.717) is 17.7 Å². The molecule has 1 heterocycles. The van der Waals surface area contributed by atoms with Gasteiger partial charge in [-0.3, -0.25) is 4.79 Å². The quantitative estimate of drug-likeness (QED) is 0.274. The maximum absolute atomic E-state index is 12.4. The highest BCUT2D eigenvalue weighted by Crippen LogP contribution is 2.16. The van der Waals surface area contributed by atoms with Gasteiger partial charge in [0.2, 0.25) is 0 Å². The Morgan fingerprint density at radius 3 is 2.04 bits per heavy atom. The molecule has 0 saturated heterocycles. The van der Waals surface area contributed by atoms with E-state index in [1.807, 2.05) is 60.7 Å². The molecule has 3 aromatic rings. The molecule has 0 atom stereocenters. The molecule has 4 heteroatoms. The fraction of sp³-hybridized carbons (Fsp3) is 0.250. The van der Waals surface area contributed by atoms with Gasteiger partial charge in [-0.1, -0.05) is 36.4 Å². The Bertz CT molecular complexity index is 820. The molecule has 3 rings (SSSR count). The van der Waals surface area contributed by atoms with Crippen molar-refractivity contribution < 1.29 is 31.1 Å². The minimum absolute atomic E-state index is 0. The lowest BCUT2D eigenvalue weighted by Crippen LogP contribution is -3.00. The second-order valence-electron chi connectivity index (χ2n) is 6.60. The van der Waals surface area contributed by atoms with Crippen LogP contribution in [0.25, 0.3) is 0 Å². The summed E-state index contributed by atoms with van der Waals surface area (Å²) in [5, 5.41) is 0. The topological polar surface area (TPSA) is 30.2 Å². The Labute approximate surface area is 177 Å². The minimum atomic E-state index is 0. The lowest BCUT2D eigenvalue weighted by molar-refractivity contribution is -0.697. The number of aromatic nitrogens is 1. The molecule has 3 nitrogen and oxygen atoms in total. The summed E-state index contributed by atoms with van der Waals surface area (Å²) in [6, 6.07) is 22.9. The van der Waals surface area contributed by atoms with Crippen LogP contribution >= 0.6 is 0 Å². The molecule has 0 saturated carbocycles. The number of hydrogen-bond donors (Lipinski definition) is 0. The van der Waals surface area contributed by atoms with Gasteiger partial charge in [-0.15, -0.1) is 0 Å². The molecule has 1 aromatic heterocycles. The lowest BCUT2D eigenvalue weighted by atomic mass is 10.0. The molecule has 0 fully saturated rings. The summed E-state index contributed by atoms with van der Waals surface area (Å²) in [5.74, 6) is 0.859. The first-order valence-corrected chi connectivity index (χ1v) is 9.59. The number of carbonyl (C=O) groups is 1. The summed E-state index contributed by atoms with van der Waals surface area (Å²) in [6.07, 6.45) is 8.81. The van der Waals surface area contributed by atoms with E-state index in [2.05, 4.69) is 29.1 Å². The maximum atomic E-state index is 12.4. The molecule has 0 amide bonds. The highest BCUT2D eigenvalue weighted by molar-refractivity contribution is 6.08. The van der Waals surface area contributed by atoms with Crippen LogP contribution in [0.2, 0.25) is 0 Å². The molecule has 0 N–H and O–H groups in total. The molecule has 0 radical (unpaired) electrons. The highest BCUT2D eigenvalue weighted by atomic mass is 79.9. The number of carbonyl (C=O) groups excluding carboxylic acids is 1. The van der Waals surface area contributed by atoms with E-state index < -0.39 is 0 Å². The third-order valence-corrected chi connectivity index (χ3v) is 4.51. The Hall–Kier alpha value is -2.46. The fourth-order valence-corrected chi connectivity index (χ4v) is 2.98. The molecular formula is C24H26BrNO2. The first kappa shape index (κ1) is 21.8. The highest BCUT2D eigenvalue weighted by Gasteiger charge is 2.08. The van der Waals surface area contributed by atoms with Gasteiger partial charge < -0.3 is 21.7 Å². The number of benzene rings is 2. The number of ketones is 1. The zero-order chi connectivity index (χ0) is 18.7. The normalized spacial score (nSPS) is 10.1. The number of hydrogen-bond acceptors (Lipinski definition) is 2. The Morgan fingerprint density at radius 2 is 1.32 bits per heavy atom. The van der Waals surface area contributed by atoms with Gasteiger partial charge in [0.05, 0.1) is 6.61 Å². The first-order valence-electron chi connectivity index (χ1n) is 9.59. The molecule has 0 aliphatic heterocycles. The molecule has 0 unspecified atom stereocenters. The van der Waals surface area contributed by atoms with Crippen molar-refractivity contribution in [3.63, 3.8) is 0 Å². The van der Waals surface area contributed by atoms with E-state index in [4.69, 9.17) is 4.74 Å². The van der Waals surface area contributed by atoms with Gasteiger partial charge in [-0.2, -0.15) is 0 Å². The summed E-state index contributed by atoms with van der Waals surface area (Å²) in [5.41, 5.74) is 1.40. The van der Waals surface area contributed by atoms with Gasteiger partial charge >= 0.3 is 0 Å². The van der Waals surface area contributed by atoms with Crippen LogP contribution in [0, 0.1) is 0 Å². The number of halogens is 1. The molecule has 28 heavy (non-hydrogen) atoms. The SMILES string of the molecule is O=C(c1ccccc1)c1ccc(OCCCCCC[n+]2ccccc2)cc1.[Br-]. The Morgan fingerprint density at radius 1 is 0.714 bits per heavy atom. The summed E-state index contributed by atoms with van der Waals surface area (Å²) < 4.78 is 8.01. The molecule has 0 aliphatic carbocycles. The number of rotatable bonds is 10. The van der Waals surface area contributed by atoms with Crippen molar-refractivity contribution in [2.75, 3.05) is 6.61 Å². The smallest absolute Gasteiger partial charge is 0.193 e. The number of aryl methyl sites for hydroxylation is 1. The van der Waals surface area contributed by atoms with Crippen LogP contribution in [0.4, 0.5) is 0 Å². The fourth-order valence-electron chi connectivity index (χ4n) is 2.98. The predicted molar refractivity (Wildman–Crippen MR) is 107 cm³/mol. The predicted octanol–water partition coefficient (Wildman–Crippen LogP) is 1.85. The van der Waals surface area contributed by atoms with Gasteiger partial charge in [0.1, 0.15) is 12.3 Å². The third kappa shape index (κ3) is 6.93. The van der Waals surface area contributed by atoms with E-state index in [9.17, 15) is 4.79 Å². The van der Waals surface area contributed by atoms with Crippen molar-refractivity contribution in [3.05, 3.63) is 96.3 Å². The van der Waals surface area contributed by atoms with Crippen LogP contribution in [0.1, 0.15) is 41.6 Å². The van der Waals surface area contributed by atoms with Gasteiger partial charge in [0, 0.05) is 29.7 Å². The van der Waals surface area contributed by atoms with Crippen LogP contribution in [-0.4, -0.2) is 12.4 Å². The van der Waals surface area contributed by atoms with Crippen molar-refractivity contribution in [3.8, 4) is 5.75 Å². The zero-order valence-corrected chi connectivity index (χ0v) is 17.6. The average Bonchev–Trinajstić information content (AvgIpc) is 2.74. The van der Waals surface area contributed by atoms with Gasteiger partial charge in [0.25, 0.3) is 0 Å². The van der Waals surface area contributed by atoms with Crippen molar-refractivity contribution in [2.45, 2.75) is 32.2 Å². The second-order valence-corrected chi connectivity index (χ2v) is 6.60. The first-order chi connectivity index (χ1) is 13.3. The molecule has 0 bridgehead atoms. The van der Waals surface area contributed by atoms with Crippen molar-refractivity contribution >= 4 is 5.78 Å². The molecule has 146 valence electrons. The zero-order valence-electron chi connectivity index (χ0n) is 16.0. The van der Waals surface area contributed by atoms with Crippen molar-refractivity contribution in [1.82, 2.24) is 0 Å². The summed E-state index contributed by atoms with van der Waals surface area (Å²) in [7, 11) is 0. The maximum Gasteiger partial charge on any atom is 0.193 e. The van der Waals surface area contributed by atoms with E-state index >= 15 is 0 Å². The van der Waals surface area contributed by atoms with Gasteiger partial charge in [-0.25, -0.2) is 4.57 Å². The monoisotopic (exact) mass is 439 g/mol. The molecule has 2 aromatic carbocycles. The van der Waals surface area contributed by atoms with Gasteiger partial charge in [0.15, 0.2) is 18.2 Å². The standard InChI is InChI=1S/C24H26NO2.BrH/c26-24(21-11-5-3-6-12-21)22-13-15-23(16-14-22)27-20-10-2-1-7-17-25-18-8-4-9-19-25;/h3-6,8-9,11-16,18-19H,1-2,7,10,17,20H2;1H/q+1;/p-1. The van der Waals surface area contributed by atoms with Crippen LogP contribution < -0.4 is 26.3 Å². The van der Waals surface area contributed by atoms with Crippen molar-refractivity contribution in [2.24, 2.45) is 0 Å². The van der Waals surface area contributed by atoms with E-state index in [1.165, 1.54) is 12.8 Å². The molecular weight excluding hydrogens is 414 g/mol. The Balaban J connectivity index is 0.00000280. The number of nitrogens with zero attached hydrogens (tertiary/aromatic N) is 1. The summed E-state index contributed by atoms with van der Waals surface area (Å²) >= 11 is 0. The van der Waals surface area contributed by atoms with E-state index in [1.54, 1.807) is 0 Å². The van der Waals surface area contributed by atoms with Crippen molar-refractivity contribution in [1.29, 1.82) is 0 Å². The van der Waals surface area contributed by atoms with Crippen LogP contribution in [0.5, 0.6) is 5.75 Å². The van der Waals surface area contributed by atoms with Crippen LogP contribution in [-0.2, 0) is 6.54 Å². The van der Waals surface area contributed by atoms with E-state index in [-0.39, 0.29) is 22.8 Å². The lowest BCUT2D eigenvalue weighted by Gasteiger charge is -2.07. The number of unbranched alkanes of at least 4 members (excludes halogenated alkanes) is 3. The van der Waals surface area contributed by atoms with E-state index in [0.717, 1.165) is 25.1 Å². The minimum Gasteiger partial charge on any atom is -1.00 e. The number of ether oxygens (including phenoxy) is 1. The molecule has 0 spiro atoms. The number of pyridine rings is 1. The van der Waals surface area contributed by atoms with Gasteiger partial charge in [-0.05, 0) is 43.5 Å². The van der Waals surface area contributed by atoms with Crippen LogP contribution in [0.15, 0.2) is 85.2 Å². The average molecular weight is 440 g/mol. The third-order valence-electron chi connectivity index (χ3n) is 4.51. The Kier molecular flexibility index (Phi) is 9.43. The largest absolute Gasteiger partial charge is 1.00 e. The second kappa shape index (κ2) is 12.1. The van der Waals surface area contributed by atoms with Crippen LogP contribution in [0.3, 0.4) is 0 Å².